The number of nitrogens with zero attached hydrogens (tertiary/aromatic N) is 3. The van der Waals surface area contributed by atoms with Crippen molar-refractivity contribution in [3.8, 4) is 0 Å². The lowest BCUT2D eigenvalue weighted by Crippen LogP contribution is -2.59. The molecule has 278 valence electrons. The van der Waals surface area contributed by atoms with Gasteiger partial charge in [0.15, 0.2) is 0 Å². The van der Waals surface area contributed by atoms with Crippen molar-refractivity contribution in [3.63, 3.8) is 0 Å². The highest BCUT2D eigenvalue weighted by atomic mass is 79.9. The number of ether oxygens (including phenoxy) is 2. The molecule has 10 nitrogen and oxygen atoms in total. The predicted molar refractivity (Wildman–Crippen MR) is 205 cm³/mol. The van der Waals surface area contributed by atoms with Crippen LogP contribution in [0.1, 0.15) is 51.7 Å². The molecule has 0 aromatic heterocycles. The number of cyclic esters (lactones) is 1. The summed E-state index contributed by atoms with van der Waals surface area (Å²) in [5, 5.41) is 12.8. The van der Waals surface area contributed by atoms with E-state index in [9.17, 15) is 14.7 Å². The lowest BCUT2D eigenvalue weighted by Gasteiger charge is -2.40. The quantitative estimate of drug-likeness (QED) is 0.243. The third-order valence-electron chi connectivity index (χ3n) is 11.8. The lowest BCUT2D eigenvalue weighted by atomic mass is 9.74. The number of aliphatic hydroxyl groups excluding tert-OH is 1. The number of allylic oxidation sites excluding steroid dienone is 1. The van der Waals surface area contributed by atoms with Gasteiger partial charge in [0.1, 0.15) is 29.8 Å². The van der Waals surface area contributed by atoms with Gasteiger partial charge in [-0.15, -0.1) is 0 Å². The van der Waals surface area contributed by atoms with Crippen LogP contribution in [0.15, 0.2) is 95.5 Å². The zero-order chi connectivity index (χ0) is 37.6. The Morgan fingerprint density at radius 2 is 1.66 bits per heavy atom. The number of carbonyl (C=O) groups excluding carboxylic acids is 4. The highest BCUT2D eigenvalue weighted by Crippen LogP contribution is 2.60. The summed E-state index contributed by atoms with van der Waals surface area (Å²) >= 11 is 3.65. The van der Waals surface area contributed by atoms with Gasteiger partial charge in [0.2, 0.25) is 11.8 Å². The number of likely N-dealkylation sites (tertiary alicyclic amines) is 1. The Labute approximate surface area is 318 Å². The number of anilines is 1. The van der Waals surface area contributed by atoms with Crippen LogP contribution in [0.5, 0.6) is 0 Å². The zero-order valence-corrected chi connectivity index (χ0v) is 32.0. The Morgan fingerprint density at radius 1 is 0.943 bits per heavy atom. The van der Waals surface area contributed by atoms with Gasteiger partial charge in [-0.2, -0.15) is 0 Å². The Balaban J connectivity index is 1.39. The summed E-state index contributed by atoms with van der Waals surface area (Å²) in [5.74, 6) is -3.97. The maximum Gasteiger partial charge on any atom is 0.313 e. The molecule has 3 aromatic carbocycles. The summed E-state index contributed by atoms with van der Waals surface area (Å²) in [6.45, 7) is 5.55. The number of carbonyl (C=O) groups is 4. The first-order chi connectivity index (χ1) is 25.5. The Kier molecular flexibility index (Phi) is 10.4. The van der Waals surface area contributed by atoms with Gasteiger partial charge in [0.05, 0.1) is 24.6 Å². The standard InChI is InChI=1S/C42H46BrN3O7/c1-5-25(2)32(24-47)46-38-40(50)45(30-20-19-27-14-11-12-17-29(27)22-30)21-13-7-10-18-33(48)44(4)26(3)36(28-15-8-6-9-16-28)52-41(51)34-35(39(46)49)42(38)23-31(43)37(34)53-42/h6-9,11-17,19-20,22-23,25-26,32,34-38,47H,5,10,18,21,24H2,1-4H3/b13-7-/t25-,26-,32-,34+,35-,36+,37+,38+,42-/m0/s1. The van der Waals surface area contributed by atoms with Gasteiger partial charge >= 0.3 is 5.97 Å². The van der Waals surface area contributed by atoms with Crippen molar-refractivity contribution in [2.45, 2.75) is 76.0 Å². The predicted octanol–water partition coefficient (Wildman–Crippen LogP) is 5.93. The van der Waals surface area contributed by atoms with E-state index in [4.69, 9.17) is 9.47 Å². The maximum absolute atomic E-state index is 15.4. The molecule has 3 aromatic rings. The van der Waals surface area contributed by atoms with Crippen molar-refractivity contribution in [1.29, 1.82) is 0 Å². The molecular weight excluding hydrogens is 738 g/mol. The Hall–Kier alpha value is -4.32. The molecule has 3 amide bonds. The van der Waals surface area contributed by atoms with Crippen molar-refractivity contribution in [3.05, 3.63) is 101 Å². The SMILES string of the molecule is CC[C@H](C)[C@H](CO)N1C(=O)[C@@H]2[C@H]3C(=O)O[C@@H](c4ccccc4)[C@H](C)N(C)C(=O)CC/C=C\CN(c4ccc5ccccc5c4)C(=O)[C@@H]1[C@]21C=C(Br)[C@H]3O1. The van der Waals surface area contributed by atoms with E-state index in [0.717, 1.165) is 10.8 Å². The minimum atomic E-state index is -1.52. The third-order valence-corrected chi connectivity index (χ3v) is 12.5. The lowest BCUT2D eigenvalue weighted by molar-refractivity contribution is -0.164. The molecule has 4 aliphatic rings. The number of benzene rings is 3. The highest BCUT2D eigenvalue weighted by Gasteiger charge is 2.75. The van der Waals surface area contributed by atoms with Crippen molar-refractivity contribution < 1.29 is 33.8 Å². The molecule has 4 heterocycles. The van der Waals surface area contributed by atoms with Crippen LogP contribution in [0.25, 0.3) is 10.8 Å². The third kappa shape index (κ3) is 6.30. The Morgan fingerprint density at radius 3 is 2.38 bits per heavy atom. The minimum absolute atomic E-state index is 0.122. The number of halogens is 1. The largest absolute Gasteiger partial charge is 0.455 e. The summed E-state index contributed by atoms with van der Waals surface area (Å²) in [5.41, 5.74) is -0.195. The Bertz CT molecular complexity index is 1970. The number of fused-ring (bicyclic) bond motifs is 3. The van der Waals surface area contributed by atoms with Gasteiger partial charge in [-0.25, -0.2) is 0 Å². The second kappa shape index (κ2) is 14.8. The summed E-state index contributed by atoms with van der Waals surface area (Å²) in [6.07, 6.45) is 5.11. The second-order valence-electron chi connectivity index (χ2n) is 14.7. The average Bonchev–Trinajstić information content (AvgIpc) is 3.77. The average molecular weight is 785 g/mol. The number of rotatable bonds is 6. The van der Waals surface area contributed by atoms with E-state index in [1.807, 2.05) is 106 Å². The van der Waals surface area contributed by atoms with Gasteiger partial charge in [0.25, 0.3) is 5.91 Å². The van der Waals surface area contributed by atoms with Crippen LogP contribution in [-0.2, 0) is 28.7 Å². The van der Waals surface area contributed by atoms with Gasteiger partial charge < -0.3 is 29.3 Å². The van der Waals surface area contributed by atoms with Crippen LogP contribution < -0.4 is 4.90 Å². The molecular formula is C42H46BrN3O7. The fourth-order valence-electron chi connectivity index (χ4n) is 8.59. The molecule has 2 saturated heterocycles. The zero-order valence-electron chi connectivity index (χ0n) is 30.4. The number of likely N-dealkylation sites (N-methyl/N-ethyl adjacent to an activating group) is 1. The van der Waals surface area contributed by atoms with E-state index in [2.05, 4.69) is 15.9 Å². The maximum atomic E-state index is 15.4. The van der Waals surface area contributed by atoms with Crippen LogP contribution in [0.2, 0.25) is 0 Å². The fraction of sp³-hybridized carbons (Fsp3) is 0.429. The molecule has 1 spiro atoms. The molecule has 9 atom stereocenters. The number of hydrogen-bond donors (Lipinski definition) is 1. The van der Waals surface area contributed by atoms with E-state index < -0.39 is 65.6 Å². The molecule has 0 radical (unpaired) electrons. The summed E-state index contributed by atoms with van der Waals surface area (Å²) in [7, 11) is 1.71. The molecule has 1 N–H and O–H groups in total. The minimum Gasteiger partial charge on any atom is -0.455 e. The molecule has 53 heavy (non-hydrogen) atoms. The molecule has 0 aliphatic carbocycles. The first-order valence-electron chi connectivity index (χ1n) is 18.5. The number of hydrogen-bond acceptors (Lipinski definition) is 7. The van der Waals surface area contributed by atoms with Crippen molar-refractivity contribution >= 4 is 56.1 Å². The van der Waals surface area contributed by atoms with E-state index in [1.54, 1.807) is 22.9 Å². The van der Waals surface area contributed by atoms with Gasteiger partial charge in [-0.05, 0) is 53.8 Å². The topological polar surface area (TPSA) is 117 Å². The molecule has 2 fully saturated rings. The molecule has 4 aliphatic heterocycles. The normalized spacial score (nSPS) is 31.1. The summed E-state index contributed by atoms with van der Waals surface area (Å²) < 4.78 is 13.7. The first kappa shape index (κ1) is 37.0. The van der Waals surface area contributed by atoms with Crippen LogP contribution in [-0.4, -0.2) is 88.6 Å². The molecule has 11 heteroatoms. The highest BCUT2D eigenvalue weighted by molar-refractivity contribution is 9.11. The summed E-state index contributed by atoms with van der Waals surface area (Å²) in [4.78, 5) is 63.3. The fourth-order valence-corrected chi connectivity index (χ4v) is 9.33. The van der Waals surface area contributed by atoms with Crippen LogP contribution in [0, 0.1) is 17.8 Å². The number of amides is 3. The van der Waals surface area contributed by atoms with Crippen LogP contribution in [0.4, 0.5) is 5.69 Å². The number of aliphatic hydroxyl groups is 1. The van der Waals surface area contributed by atoms with Gasteiger partial charge in [0, 0.05) is 30.2 Å². The van der Waals surface area contributed by atoms with E-state index in [-0.39, 0.29) is 31.4 Å². The summed E-state index contributed by atoms with van der Waals surface area (Å²) in [6, 6.07) is 20.5. The van der Waals surface area contributed by atoms with Crippen molar-refractivity contribution in [2.75, 3.05) is 25.1 Å². The van der Waals surface area contributed by atoms with Crippen LogP contribution in [0.3, 0.4) is 0 Å². The first-order valence-corrected chi connectivity index (χ1v) is 19.3. The van der Waals surface area contributed by atoms with E-state index in [1.165, 1.54) is 4.90 Å². The van der Waals surface area contributed by atoms with Gasteiger partial charge in [-0.3, -0.25) is 19.2 Å². The monoisotopic (exact) mass is 783 g/mol. The van der Waals surface area contributed by atoms with E-state index >= 15 is 9.59 Å². The van der Waals surface area contributed by atoms with Crippen molar-refractivity contribution in [2.24, 2.45) is 17.8 Å². The smallest absolute Gasteiger partial charge is 0.313 e. The van der Waals surface area contributed by atoms with Gasteiger partial charge in [-0.1, -0.05) is 109 Å². The van der Waals surface area contributed by atoms with E-state index in [0.29, 0.717) is 28.6 Å². The number of esters is 1. The van der Waals surface area contributed by atoms with Crippen LogP contribution >= 0.6 is 15.9 Å². The molecule has 0 unspecified atom stereocenters. The molecule has 5 bridgehead atoms. The molecule has 0 saturated carbocycles. The second-order valence-corrected chi connectivity index (χ2v) is 15.6. The molecule has 7 rings (SSSR count). The van der Waals surface area contributed by atoms with Crippen molar-refractivity contribution in [1.82, 2.24) is 9.80 Å².